The van der Waals surface area contributed by atoms with Crippen LogP contribution in [0.2, 0.25) is 10.0 Å². The normalized spacial score (nSPS) is 10.7. The van der Waals surface area contributed by atoms with Crippen molar-refractivity contribution in [3.8, 4) is 11.5 Å². The van der Waals surface area contributed by atoms with Gasteiger partial charge < -0.3 is 14.8 Å². The van der Waals surface area contributed by atoms with Crippen LogP contribution in [0.4, 0.5) is 0 Å². The third-order valence-corrected chi connectivity index (χ3v) is 4.81. The summed E-state index contributed by atoms with van der Waals surface area (Å²) in [6.45, 7) is 4.17. The summed E-state index contributed by atoms with van der Waals surface area (Å²) in [7, 11) is 0. The van der Waals surface area contributed by atoms with Crippen LogP contribution in [-0.2, 0) is 19.7 Å². The Morgan fingerprint density at radius 2 is 1.71 bits per heavy atom. The number of ether oxygens (including phenoxy) is 2. The second-order valence-corrected chi connectivity index (χ2v) is 6.94. The molecule has 0 amide bonds. The summed E-state index contributed by atoms with van der Waals surface area (Å²) in [5.41, 5.74) is 2.86. The third-order valence-electron chi connectivity index (χ3n) is 4.10. The average Bonchev–Trinajstić information content (AvgIpc) is 2.70. The number of halogens is 2. The number of nitrogens with zero attached hydrogens (tertiary/aromatic N) is 1. The molecule has 0 spiro atoms. The van der Waals surface area contributed by atoms with Gasteiger partial charge in [0, 0.05) is 34.9 Å². The molecule has 1 aromatic heterocycles. The van der Waals surface area contributed by atoms with E-state index in [0.717, 1.165) is 16.8 Å². The van der Waals surface area contributed by atoms with Crippen LogP contribution in [-0.4, -0.2) is 11.6 Å². The van der Waals surface area contributed by atoms with Gasteiger partial charge in [0.25, 0.3) is 0 Å². The summed E-state index contributed by atoms with van der Waals surface area (Å²) in [6, 6.07) is 17.2. The molecule has 0 unspecified atom stereocenters. The molecule has 0 fully saturated rings. The van der Waals surface area contributed by atoms with E-state index in [1.54, 1.807) is 18.3 Å². The fourth-order valence-electron chi connectivity index (χ4n) is 2.71. The minimum Gasteiger partial charge on any atom is -0.490 e. The molecule has 0 aliphatic rings. The predicted octanol–water partition coefficient (Wildman–Crippen LogP) is 5.66. The Morgan fingerprint density at radius 1 is 0.893 bits per heavy atom. The van der Waals surface area contributed by atoms with Crippen LogP contribution in [0.25, 0.3) is 0 Å². The number of hydrogen-bond donors (Lipinski definition) is 1. The molecule has 0 aliphatic heterocycles. The molecule has 0 radical (unpaired) electrons. The zero-order chi connectivity index (χ0) is 19.8. The number of nitrogens with one attached hydrogen (secondary N) is 1. The van der Waals surface area contributed by atoms with Gasteiger partial charge in [-0.2, -0.15) is 0 Å². The fraction of sp³-hybridized carbons (Fsp3) is 0.227. The molecule has 1 heterocycles. The van der Waals surface area contributed by atoms with E-state index >= 15 is 0 Å². The molecule has 3 rings (SSSR count). The minimum absolute atomic E-state index is 0.274. The van der Waals surface area contributed by atoms with Crippen molar-refractivity contribution >= 4 is 23.2 Å². The number of rotatable bonds is 9. The van der Waals surface area contributed by atoms with Gasteiger partial charge in [-0.05, 0) is 48.9 Å². The maximum Gasteiger partial charge on any atom is 0.161 e. The van der Waals surface area contributed by atoms with Gasteiger partial charge in [-0.15, -0.1) is 0 Å². The summed E-state index contributed by atoms with van der Waals surface area (Å²) in [6.07, 6.45) is 1.79. The van der Waals surface area contributed by atoms with Gasteiger partial charge in [0.05, 0.1) is 12.3 Å². The lowest BCUT2D eigenvalue weighted by atomic mass is 10.2. The van der Waals surface area contributed by atoms with Crippen LogP contribution in [0.1, 0.15) is 23.7 Å². The minimum atomic E-state index is 0.274. The van der Waals surface area contributed by atoms with E-state index in [4.69, 9.17) is 32.7 Å². The van der Waals surface area contributed by atoms with E-state index in [-0.39, 0.29) is 6.61 Å². The smallest absolute Gasteiger partial charge is 0.161 e. The molecule has 4 nitrogen and oxygen atoms in total. The lowest BCUT2D eigenvalue weighted by molar-refractivity contribution is 0.269. The lowest BCUT2D eigenvalue weighted by Gasteiger charge is -2.15. The Balaban J connectivity index is 1.65. The maximum absolute atomic E-state index is 6.22. The SMILES string of the molecule is CCOc1cc(CNCc2ccccn2)ccc1OCc1c(Cl)cccc1Cl. The highest BCUT2D eigenvalue weighted by molar-refractivity contribution is 6.35. The molecule has 0 saturated carbocycles. The van der Waals surface area contributed by atoms with E-state index in [1.807, 2.05) is 49.4 Å². The fourth-order valence-corrected chi connectivity index (χ4v) is 3.21. The number of hydrogen-bond acceptors (Lipinski definition) is 4. The van der Waals surface area contributed by atoms with Crippen LogP contribution >= 0.6 is 23.2 Å². The standard InChI is InChI=1S/C22H22Cl2N2O2/c1-2-27-22-12-16(13-25-14-17-6-3-4-11-26-17)9-10-21(22)28-15-18-19(23)7-5-8-20(18)24/h3-12,25H,2,13-15H2,1H3. The van der Waals surface area contributed by atoms with Gasteiger partial charge in [0.15, 0.2) is 11.5 Å². The van der Waals surface area contributed by atoms with Crippen LogP contribution < -0.4 is 14.8 Å². The highest BCUT2D eigenvalue weighted by atomic mass is 35.5. The van der Waals surface area contributed by atoms with E-state index in [1.165, 1.54) is 0 Å². The molecule has 146 valence electrons. The quantitative estimate of drug-likeness (QED) is 0.488. The molecule has 6 heteroatoms. The van der Waals surface area contributed by atoms with Gasteiger partial charge in [-0.1, -0.05) is 41.4 Å². The number of benzene rings is 2. The van der Waals surface area contributed by atoms with Gasteiger partial charge in [-0.25, -0.2) is 0 Å². The van der Waals surface area contributed by atoms with E-state index < -0.39 is 0 Å². The summed E-state index contributed by atoms with van der Waals surface area (Å²) in [5, 5.41) is 4.55. The highest BCUT2D eigenvalue weighted by Gasteiger charge is 2.10. The van der Waals surface area contributed by atoms with Gasteiger partial charge in [0.2, 0.25) is 0 Å². The summed E-state index contributed by atoms with van der Waals surface area (Å²) >= 11 is 12.4. The largest absolute Gasteiger partial charge is 0.490 e. The van der Waals surface area contributed by atoms with Crippen molar-refractivity contribution < 1.29 is 9.47 Å². The van der Waals surface area contributed by atoms with Crippen molar-refractivity contribution in [3.05, 3.63) is 87.7 Å². The number of aromatic nitrogens is 1. The first-order chi connectivity index (χ1) is 13.7. The Bertz CT molecular complexity index is 884. The zero-order valence-electron chi connectivity index (χ0n) is 15.6. The molecule has 0 saturated heterocycles. The van der Waals surface area contributed by atoms with Crippen molar-refractivity contribution in [2.24, 2.45) is 0 Å². The Kier molecular flexibility index (Phi) is 7.54. The van der Waals surface area contributed by atoms with E-state index in [9.17, 15) is 0 Å². The first-order valence-electron chi connectivity index (χ1n) is 9.09. The van der Waals surface area contributed by atoms with Gasteiger partial charge in [-0.3, -0.25) is 4.98 Å². The van der Waals surface area contributed by atoms with Gasteiger partial charge >= 0.3 is 0 Å². The number of pyridine rings is 1. The van der Waals surface area contributed by atoms with Crippen molar-refractivity contribution in [1.29, 1.82) is 0 Å². The molecule has 0 aliphatic carbocycles. The van der Waals surface area contributed by atoms with Crippen molar-refractivity contribution in [1.82, 2.24) is 10.3 Å². The molecule has 28 heavy (non-hydrogen) atoms. The molecule has 2 aromatic carbocycles. The Hall–Kier alpha value is -2.27. The van der Waals surface area contributed by atoms with Gasteiger partial charge in [0.1, 0.15) is 6.61 Å². The topological polar surface area (TPSA) is 43.4 Å². The van der Waals surface area contributed by atoms with Crippen LogP contribution in [0.5, 0.6) is 11.5 Å². The maximum atomic E-state index is 6.22. The molecular formula is C22H22Cl2N2O2. The molecule has 0 bridgehead atoms. The van der Waals surface area contributed by atoms with E-state index in [0.29, 0.717) is 41.2 Å². The summed E-state index contributed by atoms with van der Waals surface area (Å²) in [4.78, 5) is 4.31. The second kappa shape index (κ2) is 10.3. The van der Waals surface area contributed by atoms with E-state index in [2.05, 4.69) is 10.3 Å². The highest BCUT2D eigenvalue weighted by Crippen LogP contribution is 2.31. The first kappa shape index (κ1) is 20.5. The monoisotopic (exact) mass is 416 g/mol. The second-order valence-electron chi connectivity index (χ2n) is 6.13. The van der Waals surface area contributed by atoms with Crippen LogP contribution in [0.15, 0.2) is 60.8 Å². The Morgan fingerprint density at radius 3 is 2.43 bits per heavy atom. The summed E-state index contributed by atoms with van der Waals surface area (Å²) in [5.74, 6) is 1.36. The van der Waals surface area contributed by atoms with Crippen LogP contribution in [0.3, 0.4) is 0 Å². The van der Waals surface area contributed by atoms with Crippen molar-refractivity contribution in [2.75, 3.05) is 6.61 Å². The van der Waals surface area contributed by atoms with Crippen molar-refractivity contribution in [2.45, 2.75) is 26.6 Å². The molecular weight excluding hydrogens is 395 g/mol. The molecule has 1 N–H and O–H groups in total. The molecule has 3 aromatic rings. The predicted molar refractivity (Wildman–Crippen MR) is 113 cm³/mol. The van der Waals surface area contributed by atoms with Crippen molar-refractivity contribution in [3.63, 3.8) is 0 Å². The third kappa shape index (κ3) is 5.61. The lowest BCUT2D eigenvalue weighted by Crippen LogP contribution is -2.13. The molecule has 0 atom stereocenters. The zero-order valence-corrected chi connectivity index (χ0v) is 17.1. The average molecular weight is 417 g/mol. The first-order valence-corrected chi connectivity index (χ1v) is 9.85. The summed E-state index contributed by atoms with van der Waals surface area (Å²) < 4.78 is 11.7. The van der Waals surface area contributed by atoms with Crippen LogP contribution in [0, 0.1) is 0 Å². The Labute approximate surface area is 175 Å².